The van der Waals surface area contributed by atoms with Gasteiger partial charge >= 0.3 is 11.9 Å². The van der Waals surface area contributed by atoms with Gasteiger partial charge in [0.1, 0.15) is 22.8 Å². The molecule has 0 radical (unpaired) electrons. The number of fused-ring (bicyclic) bond motifs is 1. The second-order valence-electron chi connectivity index (χ2n) is 7.69. The van der Waals surface area contributed by atoms with E-state index in [0.29, 0.717) is 5.57 Å². The highest BCUT2D eigenvalue weighted by Gasteiger charge is 2.54. The van der Waals surface area contributed by atoms with Crippen LogP contribution < -0.4 is 11.1 Å². The number of β-lactam (4-membered cyclic amide) rings is 1. The lowest BCUT2D eigenvalue weighted by Crippen LogP contribution is -2.71. The minimum absolute atomic E-state index is 0.0328. The number of allylic oxidation sites excluding steroid dienone is 2. The first kappa shape index (κ1) is 26.5. The highest BCUT2D eigenvalue weighted by molar-refractivity contribution is 8.00. The molecular weight excluding hydrogens is 534 g/mol. The van der Waals surface area contributed by atoms with Crippen molar-refractivity contribution in [3.05, 3.63) is 70.4 Å². The Kier molecular flexibility index (Phi) is 8.09. The Balaban J connectivity index is 1.50. The lowest BCUT2D eigenvalue weighted by Gasteiger charge is -2.49. The second-order valence-corrected chi connectivity index (χ2v) is 9.68. The summed E-state index contributed by atoms with van der Waals surface area (Å²) in [6, 6.07) is 8.21. The Hall–Kier alpha value is -4.61. The van der Waals surface area contributed by atoms with Crippen molar-refractivity contribution in [3.63, 3.8) is 0 Å². The topological polar surface area (TPSA) is 185 Å². The standard InChI is InChI=1S/C24H19N5O7S2/c25-24-26-15(12-38-24)17(28-36-10-16(30)31)20(32)27-18-21(33)29-19(23(34)35)14(11-37-22(18)29)9-5-4-8-13-6-2-1-3-7-13/h1-3,5-7,9,12,18,22H,10-11H2,(H2,25,26)(H,27,32)(H,30,31)(H,34,35)/b9-5-,28-17-/t18-,22-/m1/s1. The molecule has 2 atom stereocenters. The van der Waals surface area contributed by atoms with Crippen molar-refractivity contribution >= 4 is 57.7 Å². The molecule has 0 spiro atoms. The molecule has 2 aliphatic rings. The van der Waals surface area contributed by atoms with Gasteiger partial charge in [0.15, 0.2) is 10.8 Å². The Morgan fingerprint density at radius 1 is 1.29 bits per heavy atom. The third kappa shape index (κ3) is 5.85. The zero-order valence-corrected chi connectivity index (χ0v) is 21.0. The molecule has 3 heterocycles. The van der Waals surface area contributed by atoms with Gasteiger partial charge in [0.25, 0.3) is 11.8 Å². The fourth-order valence-corrected chi connectivity index (χ4v) is 5.39. The van der Waals surface area contributed by atoms with Crippen LogP contribution in [0.15, 0.2) is 64.3 Å². The fourth-order valence-electron chi connectivity index (χ4n) is 3.52. The van der Waals surface area contributed by atoms with Crippen LogP contribution in [0.2, 0.25) is 0 Å². The lowest BCUT2D eigenvalue weighted by molar-refractivity contribution is -0.150. The molecule has 2 aliphatic heterocycles. The molecule has 14 heteroatoms. The van der Waals surface area contributed by atoms with Crippen LogP contribution >= 0.6 is 23.1 Å². The number of benzene rings is 1. The van der Waals surface area contributed by atoms with Gasteiger partial charge in [-0.15, -0.1) is 23.1 Å². The molecule has 12 nitrogen and oxygen atoms in total. The number of nitrogen functional groups attached to an aromatic ring is 1. The normalized spacial score (nSPS) is 18.8. The van der Waals surface area contributed by atoms with Crippen LogP contribution in [-0.4, -0.2) is 73.3 Å². The highest BCUT2D eigenvalue weighted by atomic mass is 32.2. The summed E-state index contributed by atoms with van der Waals surface area (Å²) in [6.07, 6.45) is 3.08. The Labute approximate surface area is 223 Å². The average Bonchev–Trinajstić information content (AvgIpc) is 3.33. The molecule has 38 heavy (non-hydrogen) atoms. The van der Waals surface area contributed by atoms with Gasteiger partial charge in [-0.25, -0.2) is 14.6 Å². The summed E-state index contributed by atoms with van der Waals surface area (Å²) in [5.41, 5.74) is 6.30. The van der Waals surface area contributed by atoms with Gasteiger partial charge in [-0.05, 0) is 29.9 Å². The van der Waals surface area contributed by atoms with Crippen molar-refractivity contribution in [3.8, 4) is 11.8 Å². The van der Waals surface area contributed by atoms with Crippen LogP contribution in [0.1, 0.15) is 11.3 Å². The molecule has 1 aromatic carbocycles. The van der Waals surface area contributed by atoms with Gasteiger partial charge < -0.3 is 26.1 Å². The van der Waals surface area contributed by atoms with E-state index in [1.54, 1.807) is 6.08 Å². The van der Waals surface area contributed by atoms with Gasteiger partial charge in [-0.2, -0.15) is 0 Å². The number of aliphatic carboxylic acids is 2. The summed E-state index contributed by atoms with van der Waals surface area (Å²) in [4.78, 5) is 58.4. The van der Waals surface area contributed by atoms with E-state index in [1.807, 2.05) is 30.3 Å². The van der Waals surface area contributed by atoms with Crippen LogP contribution in [0.25, 0.3) is 0 Å². The van der Waals surface area contributed by atoms with Gasteiger partial charge in [0.05, 0.1) is 0 Å². The average molecular weight is 554 g/mol. The van der Waals surface area contributed by atoms with Crippen LogP contribution in [0, 0.1) is 11.8 Å². The molecule has 1 fully saturated rings. The number of nitrogens with two attached hydrogens (primary N) is 1. The Morgan fingerprint density at radius 2 is 2.05 bits per heavy atom. The summed E-state index contributed by atoms with van der Waals surface area (Å²) in [7, 11) is 0. The van der Waals surface area contributed by atoms with Crippen molar-refractivity contribution < 1.29 is 34.2 Å². The van der Waals surface area contributed by atoms with E-state index in [0.717, 1.165) is 21.8 Å². The number of nitrogens with one attached hydrogen (secondary N) is 1. The van der Waals surface area contributed by atoms with Crippen molar-refractivity contribution in [2.24, 2.45) is 5.16 Å². The number of thioether (sulfide) groups is 1. The monoisotopic (exact) mass is 553 g/mol. The molecular formula is C24H19N5O7S2. The Bertz CT molecular complexity index is 1440. The number of anilines is 1. The number of carbonyl (C=O) groups excluding carboxylic acids is 2. The molecule has 0 unspecified atom stereocenters. The minimum atomic E-state index is -1.31. The third-order valence-electron chi connectivity index (χ3n) is 5.17. The van der Waals surface area contributed by atoms with Crippen LogP contribution in [0.5, 0.6) is 0 Å². The summed E-state index contributed by atoms with van der Waals surface area (Å²) in [5.74, 6) is 1.97. The highest BCUT2D eigenvalue weighted by Crippen LogP contribution is 2.40. The zero-order chi connectivity index (χ0) is 27.2. The zero-order valence-electron chi connectivity index (χ0n) is 19.4. The maximum Gasteiger partial charge on any atom is 0.352 e. The summed E-state index contributed by atoms with van der Waals surface area (Å²) in [5, 5.41) is 25.5. The lowest BCUT2D eigenvalue weighted by atomic mass is 10.0. The number of thiazole rings is 1. The number of carboxylic acids is 2. The maximum atomic E-state index is 12.9. The minimum Gasteiger partial charge on any atom is -0.479 e. The van der Waals surface area contributed by atoms with E-state index in [2.05, 4.69) is 27.3 Å². The van der Waals surface area contributed by atoms with Gasteiger partial charge in [0.2, 0.25) is 6.61 Å². The third-order valence-corrected chi connectivity index (χ3v) is 7.14. The van der Waals surface area contributed by atoms with E-state index in [-0.39, 0.29) is 28.0 Å². The molecule has 2 aromatic rings. The number of carboxylic acid groups (broad SMARTS) is 2. The van der Waals surface area contributed by atoms with Crippen LogP contribution in [0.4, 0.5) is 5.13 Å². The predicted octanol–water partition coefficient (Wildman–Crippen LogP) is 0.877. The molecule has 5 N–H and O–H groups in total. The summed E-state index contributed by atoms with van der Waals surface area (Å²) >= 11 is 2.30. The van der Waals surface area contributed by atoms with Crippen LogP contribution in [-0.2, 0) is 24.0 Å². The number of rotatable bonds is 8. The SMILES string of the molecule is Nc1nc(/C(=N/OCC(=O)O)C(=O)N[C@@H]2C(=O)N3C(C(=O)O)=C(/C=C\C#Cc4ccccc4)CS[C@H]23)cs1. The molecule has 194 valence electrons. The van der Waals surface area contributed by atoms with Crippen molar-refractivity contribution in [2.75, 3.05) is 18.1 Å². The number of carbonyl (C=O) groups is 4. The van der Waals surface area contributed by atoms with Gasteiger partial charge in [-0.1, -0.05) is 35.2 Å². The van der Waals surface area contributed by atoms with E-state index in [1.165, 1.54) is 23.2 Å². The molecule has 0 bridgehead atoms. The number of nitrogens with zero attached hydrogens (tertiary/aromatic N) is 3. The van der Waals surface area contributed by atoms with Gasteiger partial charge in [0, 0.05) is 16.7 Å². The fraction of sp³-hybridized carbons (Fsp3) is 0.167. The van der Waals surface area contributed by atoms with Crippen molar-refractivity contribution in [1.29, 1.82) is 0 Å². The number of aromatic nitrogens is 1. The number of amides is 2. The van der Waals surface area contributed by atoms with Crippen molar-refractivity contribution in [1.82, 2.24) is 15.2 Å². The smallest absolute Gasteiger partial charge is 0.352 e. The molecule has 1 saturated heterocycles. The molecule has 1 aromatic heterocycles. The molecule has 0 aliphatic carbocycles. The molecule has 2 amide bonds. The van der Waals surface area contributed by atoms with Crippen molar-refractivity contribution in [2.45, 2.75) is 11.4 Å². The first-order valence-electron chi connectivity index (χ1n) is 10.8. The van der Waals surface area contributed by atoms with E-state index in [9.17, 15) is 24.3 Å². The van der Waals surface area contributed by atoms with Crippen LogP contribution in [0.3, 0.4) is 0 Å². The summed E-state index contributed by atoms with van der Waals surface area (Å²) < 4.78 is 0. The number of hydrogen-bond acceptors (Lipinski definition) is 10. The first-order valence-corrected chi connectivity index (χ1v) is 12.8. The Morgan fingerprint density at radius 3 is 2.71 bits per heavy atom. The summed E-state index contributed by atoms with van der Waals surface area (Å²) in [6.45, 7) is -0.802. The molecule has 0 saturated carbocycles. The largest absolute Gasteiger partial charge is 0.479 e. The quantitative estimate of drug-likeness (QED) is 0.158. The first-order chi connectivity index (χ1) is 18.3. The van der Waals surface area contributed by atoms with E-state index >= 15 is 0 Å². The maximum absolute atomic E-state index is 12.9. The van der Waals surface area contributed by atoms with Gasteiger partial charge in [-0.3, -0.25) is 14.5 Å². The number of oxime groups is 1. The van der Waals surface area contributed by atoms with E-state index < -0.39 is 41.8 Å². The number of hydrogen-bond donors (Lipinski definition) is 4. The second kappa shape index (κ2) is 11.6. The molecule has 4 rings (SSSR count). The van der Waals surface area contributed by atoms with E-state index in [4.69, 9.17) is 15.7 Å². The predicted molar refractivity (Wildman–Crippen MR) is 139 cm³/mol.